The molecule has 1 aliphatic rings. The fraction of sp³-hybridized carbons (Fsp3) is 0.263. The van der Waals surface area contributed by atoms with E-state index in [0.717, 1.165) is 19.2 Å². The highest BCUT2D eigenvalue weighted by atomic mass is 35.5. The van der Waals surface area contributed by atoms with Crippen LogP contribution >= 0.6 is 11.6 Å². The van der Waals surface area contributed by atoms with E-state index in [9.17, 15) is 14.0 Å². The second-order valence-corrected chi connectivity index (χ2v) is 6.53. The molecule has 1 aliphatic heterocycles. The summed E-state index contributed by atoms with van der Waals surface area (Å²) < 4.78 is 19.1. The van der Waals surface area contributed by atoms with Crippen molar-refractivity contribution in [1.82, 2.24) is 4.90 Å². The first-order valence-corrected chi connectivity index (χ1v) is 8.85. The third-order valence-corrected chi connectivity index (χ3v) is 4.31. The van der Waals surface area contributed by atoms with Gasteiger partial charge < -0.3 is 15.4 Å². The molecular formula is C19H19ClFN3O3. The van der Waals surface area contributed by atoms with Gasteiger partial charge in [0.15, 0.2) is 0 Å². The van der Waals surface area contributed by atoms with E-state index in [-0.39, 0.29) is 16.5 Å². The lowest BCUT2D eigenvalue weighted by molar-refractivity contribution is -0.118. The van der Waals surface area contributed by atoms with E-state index in [1.165, 1.54) is 12.1 Å². The van der Waals surface area contributed by atoms with Crippen LogP contribution in [0, 0.1) is 5.82 Å². The maximum atomic E-state index is 13.8. The van der Waals surface area contributed by atoms with Crippen LogP contribution in [0.1, 0.15) is 10.4 Å². The zero-order valence-electron chi connectivity index (χ0n) is 14.5. The Kier molecular flexibility index (Phi) is 6.39. The van der Waals surface area contributed by atoms with E-state index < -0.39 is 11.7 Å². The number of hydrogen-bond acceptors (Lipinski definition) is 4. The van der Waals surface area contributed by atoms with Crippen molar-refractivity contribution in [2.45, 2.75) is 0 Å². The molecule has 0 aromatic heterocycles. The van der Waals surface area contributed by atoms with E-state index in [1.807, 2.05) is 4.90 Å². The van der Waals surface area contributed by atoms with Crippen molar-refractivity contribution in [3.05, 3.63) is 58.9 Å². The zero-order chi connectivity index (χ0) is 19.2. The first kappa shape index (κ1) is 19.3. The molecule has 27 heavy (non-hydrogen) atoms. The number of halogens is 2. The lowest BCUT2D eigenvalue weighted by atomic mass is 10.2. The molecule has 0 saturated carbocycles. The van der Waals surface area contributed by atoms with Crippen molar-refractivity contribution >= 4 is 34.8 Å². The molecule has 142 valence electrons. The van der Waals surface area contributed by atoms with Crippen molar-refractivity contribution in [2.24, 2.45) is 0 Å². The summed E-state index contributed by atoms with van der Waals surface area (Å²) in [5.41, 5.74) is 1.01. The summed E-state index contributed by atoms with van der Waals surface area (Å²) in [6.45, 7) is 3.04. The average Bonchev–Trinajstić information content (AvgIpc) is 2.64. The fourth-order valence-corrected chi connectivity index (χ4v) is 2.83. The largest absolute Gasteiger partial charge is 0.379 e. The Bertz CT molecular complexity index is 823. The summed E-state index contributed by atoms with van der Waals surface area (Å²) >= 11 is 5.69. The number of carbonyl (C=O) groups excluding carboxylic acids is 2. The van der Waals surface area contributed by atoms with Gasteiger partial charge in [0.25, 0.3) is 5.91 Å². The Morgan fingerprint density at radius 3 is 2.30 bits per heavy atom. The molecule has 6 nitrogen and oxygen atoms in total. The van der Waals surface area contributed by atoms with E-state index in [2.05, 4.69) is 10.6 Å². The minimum Gasteiger partial charge on any atom is -0.379 e. The first-order chi connectivity index (χ1) is 13.0. The third-order valence-electron chi connectivity index (χ3n) is 4.07. The van der Waals surface area contributed by atoms with Crippen molar-refractivity contribution < 1.29 is 18.7 Å². The highest BCUT2D eigenvalue weighted by Crippen LogP contribution is 2.18. The van der Waals surface area contributed by atoms with E-state index >= 15 is 0 Å². The molecule has 3 rings (SSSR count). The van der Waals surface area contributed by atoms with Crippen LogP contribution in [-0.4, -0.2) is 49.6 Å². The SMILES string of the molecule is O=C(CN1CCOCC1)Nc1ccc(NC(=O)c2ccc(Cl)cc2F)cc1. The Morgan fingerprint density at radius 2 is 1.67 bits per heavy atom. The number of amides is 2. The van der Waals surface area contributed by atoms with Crippen LogP contribution in [0.2, 0.25) is 5.02 Å². The van der Waals surface area contributed by atoms with Crippen molar-refractivity contribution in [2.75, 3.05) is 43.5 Å². The van der Waals surface area contributed by atoms with Gasteiger partial charge in [0.2, 0.25) is 5.91 Å². The number of benzene rings is 2. The number of ether oxygens (including phenoxy) is 1. The number of nitrogens with one attached hydrogen (secondary N) is 2. The molecule has 2 aromatic rings. The number of anilines is 2. The predicted octanol–water partition coefficient (Wildman–Crippen LogP) is 3.00. The predicted molar refractivity (Wildman–Crippen MR) is 102 cm³/mol. The summed E-state index contributed by atoms with van der Waals surface area (Å²) in [5.74, 6) is -1.38. The molecule has 1 heterocycles. The average molecular weight is 392 g/mol. The van der Waals surface area contributed by atoms with Gasteiger partial charge in [-0.15, -0.1) is 0 Å². The maximum absolute atomic E-state index is 13.8. The van der Waals surface area contributed by atoms with Crippen molar-refractivity contribution in [3.8, 4) is 0 Å². The summed E-state index contributed by atoms with van der Waals surface area (Å²) in [7, 11) is 0. The summed E-state index contributed by atoms with van der Waals surface area (Å²) in [6.07, 6.45) is 0. The molecule has 8 heteroatoms. The molecule has 1 saturated heterocycles. The minimum absolute atomic E-state index is 0.0951. The van der Waals surface area contributed by atoms with Crippen molar-refractivity contribution in [1.29, 1.82) is 0 Å². The van der Waals surface area contributed by atoms with Crippen LogP contribution in [0.15, 0.2) is 42.5 Å². The normalized spacial score (nSPS) is 14.6. The van der Waals surface area contributed by atoms with Crippen LogP contribution in [0.4, 0.5) is 15.8 Å². The second-order valence-electron chi connectivity index (χ2n) is 6.09. The molecule has 0 spiro atoms. The Balaban J connectivity index is 1.55. The minimum atomic E-state index is -0.688. The van der Waals surface area contributed by atoms with Crippen LogP contribution in [0.3, 0.4) is 0 Å². The number of rotatable bonds is 5. The lowest BCUT2D eigenvalue weighted by Gasteiger charge is -2.25. The van der Waals surface area contributed by atoms with E-state index in [4.69, 9.17) is 16.3 Å². The molecule has 2 amide bonds. The first-order valence-electron chi connectivity index (χ1n) is 8.48. The quantitative estimate of drug-likeness (QED) is 0.822. The van der Waals surface area contributed by atoms with Crippen LogP contribution < -0.4 is 10.6 Å². The molecule has 0 bridgehead atoms. The van der Waals surface area contributed by atoms with Crippen LogP contribution in [0.5, 0.6) is 0 Å². The smallest absolute Gasteiger partial charge is 0.258 e. The summed E-state index contributed by atoms with van der Waals surface area (Å²) in [5, 5.41) is 5.64. The van der Waals surface area contributed by atoms with E-state index in [1.54, 1.807) is 24.3 Å². The lowest BCUT2D eigenvalue weighted by Crippen LogP contribution is -2.41. The highest BCUT2D eigenvalue weighted by Gasteiger charge is 2.15. The molecular weight excluding hydrogens is 373 g/mol. The molecule has 0 aliphatic carbocycles. The van der Waals surface area contributed by atoms with Gasteiger partial charge >= 0.3 is 0 Å². The summed E-state index contributed by atoms with van der Waals surface area (Å²) in [4.78, 5) is 26.3. The van der Waals surface area contributed by atoms with Gasteiger partial charge in [-0.05, 0) is 42.5 Å². The highest BCUT2D eigenvalue weighted by molar-refractivity contribution is 6.30. The standard InChI is InChI=1S/C19H19ClFN3O3/c20-13-1-6-16(17(21)11-13)19(26)23-15-4-2-14(3-5-15)22-18(25)12-24-7-9-27-10-8-24/h1-6,11H,7-10,12H2,(H,22,25)(H,23,26). The molecule has 2 aromatic carbocycles. The van der Waals surface area contributed by atoms with Crippen LogP contribution in [0.25, 0.3) is 0 Å². The summed E-state index contributed by atoms with van der Waals surface area (Å²) in [6, 6.07) is 10.5. The third kappa shape index (κ3) is 5.50. The van der Waals surface area contributed by atoms with Gasteiger partial charge in [0.1, 0.15) is 5.82 Å². The van der Waals surface area contributed by atoms with Gasteiger partial charge in [-0.2, -0.15) is 0 Å². The van der Waals surface area contributed by atoms with Gasteiger partial charge in [0, 0.05) is 29.5 Å². The van der Waals surface area contributed by atoms with Gasteiger partial charge in [0.05, 0.1) is 25.3 Å². The number of carbonyl (C=O) groups is 2. The van der Waals surface area contributed by atoms with Crippen molar-refractivity contribution in [3.63, 3.8) is 0 Å². The number of morpholine rings is 1. The second kappa shape index (κ2) is 8.94. The van der Waals surface area contributed by atoms with Gasteiger partial charge in [-0.25, -0.2) is 4.39 Å². The topological polar surface area (TPSA) is 70.7 Å². The Hall–Kier alpha value is -2.48. The molecule has 0 atom stereocenters. The Morgan fingerprint density at radius 1 is 1.04 bits per heavy atom. The monoisotopic (exact) mass is 391 g/mol. The molecule has 0 radical (unpaired) electrons. The zero-order valence-corrected chi connectivity index (χ0v) is 15.3. The number of hydrogen-bond donors (Lipinski definition) is 2. The maximum Gasteiger partial charge on any atom is 0.258 e. The Labute approximate surface area is 161 Å². The fourth-order valence-electron chi connectivity index (χ4n) is 2.67. The van der Waals surface area contributed by atoms with Crippen LogP contribution in [-0.2, 0) is 9.53 Å². The molecule has 2 N–H and O–H groups in total. The van der Waals surface area contributed by atoms with E-state index in [0.29, 0.717) is 31.1 Å². The van der Waals surface area contributed by atoms with Gasteiger partial charge in [-0.3, -0.25) is 14.5 Å². The molecule has 1 fully saturated rings. The molecule has 0 unspecified atom stereocenters. The number of nitrogens with zero attached hydrogens (tertiary/aromatic N) is 1. The van der Waals surface area contributed by atoms with Gasteiger partial charge in [-0.1, -0.05) is 11.6 Å².